The van der Waals surface area contributed by atoms with E-state index in [0.29, 0.717) is 5.56 Å². The first-order valence-corrected chi connectivity index (χ1v) is 7.78. The van der Waals surface area contributed by atoms with Crippen molar-refractivity contribution in [1.29, 1.82) is 0 Å². The average Bonchev–Trinajstić information content (AvgIpc) is 2.62. The topological polar surface area (TPSA) is 108 Å². The molecule has 0 aliphatic heterocycles. The number of carbonyl (C=O) groups is 2. The number of amides is 1. The van der Waals surface area contributed by atoms with Gasteiger partial charge in [0.2, 0.25) is 6.10 Å². The largest absolute Gasteiger partial charge is 0.446 e. The number of hydrogen-bond acceptors (Lipinski definition) is 6. The van der Waals surface area contributed by atoms with E-state index < -0.39 is 22.9 Å². The Bertz CT molecular complexity index is 812. The van der Waals surface area contributed by atoms with Crippen LogP contribution in [-0.2, 0) is 19.1 Å². The van der Waals surface area contributed by atoms with E-state index >= 15 is 0 Å². The first kappa shape index (κ1) is 19.4. The number of anilines is 1. The highest BCUT2D eigenvalue weighted by atomic mass is 35.5. The second-order valence-electron chi connectivity index (χ2n) is 5.13. The Morgan fingerprint density at radius 3 is 2.54 bits per heavy atom. The second-order valence-corrected chi connectivity index (χ2v) is 5.53. The minimum Gasteiger partial charge on any atom is -0.446 e. The Morgan fingerprint density at radius 1 is 1.23 bits per heavy atom. The number of hydrogen-bond donors (Lipinski definition) is 1. The van der Waals surface area contributed by atoms with E-state index in [9.17, 15) is 19.7 Å². The molecule has 0 spiro atoms. The molecule has 0 unspecified atom stereocenters. The van der Waals surface area contributed by atoms with Crippen LogP contribution in [0.4, 0.5) is 11.4 Å². The van der Waals surface area contributed by atoms with Crippen LogP contribution in [-0.4, -0.2) is 30.5 Å². The highest BCUT2D eigenvalue weighted by Crippen LogP contribution is 2.28. The van der Waals surface area contributed by atoms with Gasteiger partial charge in [-0.1, -0.05) is 41.9 Å². The van der Waals surface area contributed by atoms with Crippen LogP contribution < -0.4 is 5.32 Å². The first-order chi connectivity index (χ1) is 12.4. The third kappa shape index (κ3) is 5.01. The van der Waals surface area contributed by atoms with Crippen LogP contribution in [0.2, 0.25) is 5.02 Å². The molecule has 2 rings (SSSR count). The number of ether oxygens (including phenoxy) is 2. The standard InChI is InChI=1S/C17H15ClN2O6/c1-25-10-15(21)26-16(11-5-3-2-4-6-11)17(22)19-12-7-8-13(18)14(9-12)20(23)24/h2-9,16H,10H2,1H3,(H,19,22)/t16-/m0/s1. The van der Waals surface area contributed by atoms with E-state index in [1.165, 1.54) is 19.2 Å². The Morgan fingerprint density at radius 2 is 1.92 bits per heavy atom. The Labute approximate surface area is 153 Å². The summed E-state index contributed by atoms with van der Waals surface area (Å²) in [4.78, 5) is 34.6. The molecule has 0 aliphatic carbocycles. The summed E-state index contributed by atoms with van der Waals surface area (Å²) in [6.45, 7) is -0.316. The number of nitrogens with zero attached hydrogens (tertiary/aromatic N) is 1. The molecule has 26 heavy (non-hydrogen) atoms. The molecule has 0 heterocycles. The van der Waals surface area contributed by atoms with Gasteiger partial charge in [0.25, 0.3) is 11.6 Å². The molecule has 1 atom stereocenters. The smallest absolute Gasteiger partial charge is 0.333 e. The van der Waals surface area contributed by atoms with Gasteiger partial charge in [-0.3, -0.25) is 14.9 Å². The van der Waals surface area contributed by atoms with Gasteiger partial charge in [0.15, 0.2) is 0 Å². The lowest BCUT2D eigenvalue weighted by molar-refractivity contribution is -0.384. The Hall–Kier alpha value is -2.97. The molecule has 1 N–H and O–H groups in total. The summed E-state index contributed by atoms with van der Waals surface area (Å²) < 4.78 is 9.87. The lowest BCUT2D eigenvalue weighted by Crippen LogP contribution is -2.27. The molecule has 0 radical (unpaired) electrons. The number of nitro benzene ring substituents is 1. The van der Waals surface area contributed by atoms with Crippen molar-refractivity contribution in [3.8, 4) is 0 Å². The summed E-state index contributed by atoms with van der Waals surface area (Å²) in [7, 11) is 1.33. The fourth-order valence-electron chi connectivity index (χ4n) is 2.12. The Kier molecular flexibility index (Phi) is 6.65. The number of esters is 1. The molecule has 2 aromatic carbocycles. The van der Waals surface area contributed by atoms with Crippen LogP contribution in [0, 0.1) is 10.1 Å². The zero-order chi connectivity index (χ0) is 19.1. The third-order valence-electron chi connectivity index (χ3n) is 3.26. The van der Waals surface area contributed by atoms with Gasteiger partial charge in [-0.15, -0.1) is 0 Å². The molecular formula is C17H15ClN2O6. The van der Waals surface area contributed by atoms with E-state index in [-0.39, 0.29) is 23.0 Å². The van der Waals surface area contributed by atoms with E-state index in [4.69, 9.17) is 21.1 Å². The molecule has 0 fully saturated rings. The fraction of sp³-hybridized carbons (Fsp3) is 0.176. The van der Waals surface area contributed by atoms with E-state index in [0.717, 1.165) is 6.07 Å². The van der Waals surface area contributed by atoms with Gasteiger partial charge in [-0.25, -0.2) is 4.79 Å². The van der Waals surface area contributed by atoms with E-state index in [2.05, 4.69) is 5.32 Å². The van der Waals surface area contributed by atoms with Crippen LogP contribution >= 0.6 is 11.6 Å². The zero-order valence-electron chi connectivity index (χ0n) is 13.7. The highest BCUT2D eigenvalue weighted by Gasteiger charge is 2.25. The van der Waals surface area contributed by atoms with Crippen molar-refractivity contribution in [3.63, 3.8) is 0 Å². The van der Waals surface area contributed by atoms with Crippen LogP contribution in [0.5, 0.6) is 0 Å². The maximum Gasteiger partial charge on any atom is 0.333 e. The number of benzene rings is 2. The predicted molar refractivity (Wildman–Crippen MR) is 93.9 cm³/mol. The molecule has 0 aliphatic rings. The highest BCUT2D eigenvalue weighted by molar-refractivity contribution is 6.32. The predicted octanol–water partition coefficient (Wildman–Crippen LogP) is 3.12. The summed E-state index contributed by atoms with van der Waals surface area (Å²) in [6, 6.07) is 12.2. The first-order valence-electron chi connectivity index (χ1n) is 7.40. The van der Waals surface area contributed by atoms with Gasteiger partial charge >= 0.3 is 5.97 Å². The van der Waals surface area contributed by atoms with Gasteiger partial charge in [0, 0.05) is 24.4 Å². The molecule has 136 valence electrons. The minimum absolute atomic E-state index is 0.0564. The van der Waals surface area contributed by atoms with Crippen molar-refractivity contribution >= 4 is 34.9 Å². The zero-order valence-corrected chi connectivity index (χ0v) is 14.4. The molecule has 2 aromatic rings. The normalized spacial score (nSPS) is 11.5. The van der Waals surface area contributed by atoms with Crippen molar-refractivity contribution in [2.24, 2.45) is 0 Å². The van der Waals surface area contributed by atoms with Gasteiger partial charge in [0.1, 0.15) is 11.6 Å². The van der Waals surface area contributed by atoms with Crippen molar-refractivity contribution in [2.45, 2.75) is 6.10 Å². The third-order valence-corrected chi connectivity index (χ3v) is 3.58. The van der Waals surface area contributed by atoms with Crippen LogP contribution in [0.3, 0.4) is 0 Å². The quantitative estimate of drug-likeness (QED) is 0.450. The summed E-state index contributed by atoms with van der Waals surface area (Å²) >= 11 is 5.75. The minimum atomic E-state index is -1.24. The van der Waals surface area contributed by atoms with Gasteiger partial charge in [0.05, 0.1) is 4.92 Å². The SMILES string of the molecule is COCC(=O)O[C@H](C(=O)Nc1ccc(Cl)c([N+](=O)[O-])c1)c1ccccc1. The molecule has 0 saturated heterocycles. The molecule has 1 amide bonds. The maximum atomic E-state index is 12.6. The van der Waals surface area contributed by atoms with Gasteiger partial charge in [-0.2, -0.15) is 0 Å². The van der Waals surface area contributed by atoms with E-state index in [1.54, 1.807) is 30.3 Å². The molecule has 8 nitrogen and oxygen atoms in total. The summed E-state index contributed by atoms with van der Waals surface area (Å²) in [5.41, 5.74) is 0.241. The van der Waals surface area contributed by atoms with Crippen molar-refractivity contribution in [1.82, 2.24) is 0 Å². The molecule has 0 saturated carbocycles. The van der Waals surface area contributed by atoms with Crippen LogP contribution in [0.1, 0.15) is 11.7 Å². The van der Waals surface area contributed by atoms with Gasteiger partial charge < -0.3 is 14.8 Å². The van der Waals surface area contributed by atoms with Crippen LogP contribution in [0.15, 0.2) is 48.5 Å². The van der Waals surface area contributed by atoms with Gasteiger partial charge in [-0.05, 0) is 12.1 Å². The van der Waals surface area contributed by atoms with Crippen molar-refractivity contribution in [3.05, 3.63) is 69.2 Å². The van der Waals surface area contributed by atoms with Crippen molar-refractivity contribution < 1.29 is 24.0 Å². The lowest BCUT2D eigenvalue weighted by Gasteiger charge is -2.18. The fourth-order valence-corrected chi connectivity index (χ4v) is 2.31. The monoisotopic (exact) mass is 378 g/mol. The molecule has 9 heteroatoms. The number of rotatable bonds is 7. The summed E-state index contributed by atoms with van der Waals surface area (Å²) in [5, 5.41) is 13.4. The summed E-state index contributed by atoms with van der Waals surface area (Å²) in [6.07, 6.45) is -1.24. The summed E-state index contributed by atoms with van der Waals surface area (Å²) in [5.74, 6) is -1.39. The van der Waals surface area contributed by atoms with Crippen LogP contribution in [0.25, 0.3) is 0 Å². The molecule has 0 bridgehead atoms. The number of methoxy groups -OCH3 is 1. The number of nitrogens with one attached hydrogen (secondary N) is 1. The number of nitro groups is 1. The van der Waals surface area contributed by atoms with E-state index in [1.807, 2.05) is 0 Å². The number of carbonyl (C=O) groups excluding carboxylic acids is 2. The molecule has 0 aromatic heterocycles. The molecular weight excluding hydrogens is 364 g/mol. The van der Waals surface area contributed by atoms with Crippen molar-refractivity contribution in [2.75, 3.05) is 19.0 Å². The maximum absolute atomic E-state index is 12.6. The lowest BCUT2D eigenvalue weighted by atomic mass is 10.1. The Balaban J connectivity index is 2.25. The average molecular weight is 379 g/mol. The number of halogens is 1. The second kappa shape index (κ2) is 8.93.